The number of rotatable bonds is 5. The first-order chi connectivity index (χ1) is 16.5. The summed E-state index contributed by atoms with van der Waals surface area (Å²) in [5, 5.41) is 15.2. The van der Waals surface area contributed by atoms with E-state index in [0.717, 1.165) is 5.56 Å². The number of aliphatic hydroxyl groups is 1. The van der Waals surface area contributed by atoms with Crippen molar-refractivity contribution < 1.29 is 24.0 Å². The van der Waals surface area contributed by atoms with Gasteiger partial charge in [-0.15, -0.1) is 0 Å². The molecule has 1 aliphatic rings. The predicted octanol–water partition coefficient (Wildman–Crippen LogP) is 5.69. The number of Topliss-reactive ketones (excluding diaryl/α,β-unsaturated/α-hetero) is 1. The molecular weight excluding hydrogens is 444 g/mol. The number of hydrogen-bond donors (Lipinski definition) is 1. The Balaban J connectivity index is 1.85. The summed E-state index contributed by atoms with van der Waals surface area (Å²) >= 11 is 0. The van der Waals surface area contributed by atoms with Gasteiger partial charge in [-0.1, -0.05) is 50.2 Å². The maximum absolute atomic E-state index is 13.2. The Bertz CT molecular complexity index is 1280. The summed E-state index contributed by atoms with van der Waals surface area (Å²) in [5.74, 6) is -0.449. The van der Waals surface area contributed by atoms with Crippen LogP contribution in [-0.2, 0) is 15.0 Å². The molecule has 1 atom stereocenters. The maximum Gasteiger partial charge on any atom is 0.301 e. The average Bonchev–Trinajstić information content (AvgIpc) is 3.33. The van der Waals surface area contributed by atoms with Crippen LogP contribution in [-0.4, -0.2) is 28.1 Å². The van der Waals surface area contributed by atoms with Crippen LogP contribution >= 0.6 is 0 Å². The number of nitrogens with zero attached hydrogens (tertiary/aromatic N) is 2. The molecule has 2 aromatic carbocycles. The third-order valence-corrected chi connectivity index (χ3v) is 5.90. The van der Waals surface area contributed by atoms with E-state index in [1.54, 1.807) is 37.3 Å². The van der Waals surface area contributed by atoms with Gasteiger partial charge in [-0.05, 0) is 61.6 Å². The van der Waals surface area contributed by atoms with E-state index in [1.807, 2.05) is 38.1 Å². The molecule has 4 rings (SSSR count). The number of ketones is 1. The van der Waals surface area contributed by atoms with Crippen LogP contribution in [0.3, 0.4) is 0 Å². The van der Waals surface area contributed by atoms with Crippen LogP contribution in [0.4, 0.5) is 5.82 Å². The molecule has 0 radical (unpaired) electrons. The van der Waals surface area contributed by atoms with Gasteiger partial charge in [0.25, 0.3) is 5.78 Å². The summed E-state index contributed by atoms with van der Waals surface area (Å²) < 4.78 is 10.9. The number of hydrogen-bond acceptors (Lipinski definition) is 6. The second kappa shape index (κ2) is 9.06. The van der Waals surface area contributed by atoms with Gasteiger partial charge in [0.15, 0.2) is 5.82 Å². The minimum absolute atomic E-state index is 0.00163. The number of aliphatic hydroxyl groups excluding tert-OH is 1. The van der Waals surface area contributed by atoms with Crippen LogP contribution in [0.5, 0.6) is 5.75 Å². The highest BCUT2D eigenvalue weighted by atomic mass is 16.5. The van der Waals surface area contributed by atoms with Crippen LogP contribution in [0.25, 0.3) is 5.76 Å². The Kier molecular flexibility index (Phi) is 6.28. The minimum atomic E-state index is -0.861. The van der Waals surface area contributed by atoms with Gasteiger partial charge in [-0.3, -0.25) is 14.5 Å². The zero-order valence-electron chi connectivity index (χ0n) is 20.8. The molecule has 0 unspecified atom stereocenters. The first-order valence-electron chi connectivity index (χ1n) is 11.6. The standard InChI is InChI=1S/C28H30N2O5/c1-16(2)34-21-13-9-19(10-14-21)25(31)23-24(18-7-11-20(12-8-18)28(4,5)6)30(27(33)26(23)32)22-15-17(3)35-29-22/h7-16,24,31H,1-6H3/t24-/m0/s1. The largest absolute Gasteiger partial charge is 0.507 e. The lowest BCUT2D eigenvalue weighted by Gasteiger charge is -2.24. The van der Waals surface area contributed by atoms with Crippen LogP contribution in [0.1, 0.15) is 63.1 Å². The molecule has 1 amide bonds. The lowest BCUT2D eigenvalue weighted by Crippen LogP contribution is -2.29. The van der Waals surface area contributed by atoms with Gasteiger partial charge in [0.05, 0.1) is 17.7 Å². The van der Waals surface area contributed by atoms with Crippen molar-refractivity contribution >= 4 is 23.3 Å². The normalized spacial score (nSPS) is 17.9. The van der Waals surface area contributed by atoms with Crippen molar-refractivity contribution in [1.82, 2.24) is 5.16 Å². The number of carbonyl (C=O) groups is 2. The van der Waals surface area contributed by atoms with Gasteiger partial charge in [0.1, 0.15) is 17.3 Å². The third-order valence-electron chi connectivity index (χ3n) is 5.90. The zero-order chi connectivity index (χ0) is 25.5. The highest BCUT2D eigenvalue weighted by Gasteiger charge is 2.48. The molecule has 1 aliphatic heterocycles. The predicted molar refractivity (Wildman–Crippen MR) is 133 cm³/mol. The second-order valence-corrected chi connectivity index (χ2v) is 10.0. The van der Waals surface area contributed by atoms with Crippen molar-refractivity contribution in [3.8, 4) is 5.75 Å². The van der Waals surface area contributed by atoms with E-state index in [0.29, 0.717) is 22.6 Å². The van der Waals surface area contributed by atoms with Gasteiger partial charge in [0.2, 0.25) is 0 Å². The lowest BCUT2D eigenvalue weighted by atomic mass is 9.85. The second-order valence-electron chi connectivity index (χ2n) is 10.0. The van der Waals surface area contributed by atoms with E-state index in [-0.39, 0.29) is 28.7 Å². The molecule has 0 aliphatic carbocycles. The monoisotopic (exact) mass is 474 g/mol. The molecule has 1 fully saturated rings. The number of aromatic nitrogens is 1. The molecule has 0 spiro atoms. The SMILES string of the molecule is Cc1cc(N2C(=O)C(=O)C(=C(O)c3ccc(OC(C)C)cc3)[C@@H]2c2ccc(C(C)(C)C)cc2)no1. The van der Waals surface area contributed by atoms with Gasteiger partial charge in [-0.25, -0.2) is 0 Å². The van der Waals surface area contributed by atoms with Gasteiger partial charge < -0.3 is 14.4 Å². The van der Waals surface area contributed by atoms with Crippen molar-refractivity contribution in [3.05, 3.63) is 82.6 Å². The van der Waals surface area contributed by atoms with E-state index < -0.39 is 17.7 Å². The molecule has 182 valence electrons. The Morgan fingerprint density at radius 3 is 2.20 bits per heavy atom. The molecule has 35 heavy (non-hydrogen) atoms. The van der Waals surface area contributed by atoms with Crippen molar-refractivity contribution in [2.45, 2.75) is 59.1 Å². The average molecular weight is 475 g/mol. The highest BCUT2D eigenvalue weighted by molar-refractivity contribution is 6.51. The molecule has 7 nitrogen and oxygen atoms in total. The van der Waals surface area contributed by atoms with Crippen molar-refractivity contribution in [2.24, 2.45) is 0 Å². The van der Waals surface area contributed by atoms with Crippen LogP contribution in [0.15, 0.2) is 64.7 Å². The molecule has 0 saturated carbocycles. The molecule has 7 heteroatoms. The van der Waals surface area contributed by atoms with Crippen molar-refractivity contribution in [3.63, 3.8) is 0 Å². The van der Waals surface area contributed by atoms with Gasteiger partial charge >= 0.3 is 5.91 Å². The number of amides is 1. The van der Waals surface area contributed by atoms with Crippen LogP contribution in [0, 0.1) is 6.92 Å². The zero-order valence-corrected chi connectivity index (χ0v) is 20.8. The summed E-state index contributed by atoms with van der Waals surface area (Å²) in [6.07, 6.45) is 0.00163. The number of ether oxygens (including phenoxy) is 1. The first kappa shape index (κ1) is 24.3. The van der Waals surface area contributed by atoms with Crippen LogP contribution < -0.4 is 9.64 Å². The quantitative estimate of drug-likeness (QED) is 0.290. The molecule has 1 N–H and O–H groups in total. The summed E-state index contributed by atoms with van der Waals surface area (Å²) in [6, 6.07) is 15.2. The molecule has 1 saturated heterocycles. The van der Waals surface area contributed by atoms with E-state index in [2.05, 4.69) is 25.9 Å². The van der Waals surface area contributed by atoms with Gasteiger partial charge in [0, 0.05) is 11.6 Å². The first-order valence-corrected chi connectivity index (χ1v) is 11.6. The molecule has 1 aromatic heterocycles. The van der Waals surface area contributed by atoms with E-state index in [9.17, 15) is 14.7 Å². The van der Waals surface area contributed by atoms with Crippen molar-refractivity contribution in [1.29, 1.82) is 0 Å². The lowest BCUT2D eigenvalue weighted by molar-refractivity contribution is -0.132. The van der Waals surface area contributed by atoms with E-state index >= 15 is 0 Å². The minimum Gasteiger partial charge on any atom is -0.507 e. The van der Waals surface area contributed by atoms with Gasteiger partial charge in [-0.2, -0.15) is 0 Å². The molecule has 0 bridgehead atoms. The Morgan fingerprint density at radius 1 is 1.06 bits per heavy atom. The third kappa shape index (κ3) is 4.71. The summed E-state index contributed by atoms with van der Waals surface area (Å²) in [4.78, 5) is 27.7. The Labute approximate surface area is 205 Å². The van der Waals surface area contributed by atoms with E-state index in [1.165, 1.54) is 4.90 Å². The number of benzene rings is 2. The van der Waals surface area contributed by atoms with Crippen molar-refractivity contribution in [2.75, 3.05) is 4.90 Å². The number of anilines is 1. The summed E-state index contributed by atoms with van der Waals surface area (Å²) in [7, 11) is 0. The topological polar surface area (TPSA) is 92.9 Å². The number of aryl methyl sites for hydroxylation is 1. The Morgan fingerprint density at radius 2 is 1.69 bits per heavy atom. The fourth-order valence-electron chi connectivity index (χ4n) is 4.14. The van der Waals surface area contributed by atoms with E-state index in [4.69, 9.17) is 9.26 Å². The Hall–Kier alpha value is -3.87. The fraction of sp³-hybridized carbons (Fsp3) is 0.321. The summed E-state index contributed by atoms with van der Waals surface area (Å²) in [6.45, 7) is 11.9. The summed E-state index contributed by atoms with van der Waals surface area (Å²) in [5.41, 5.74) is 2.13. The molecule has 2 heterocycles. The maximum atomic E-state index is 13.2. The molecule has 3 aromatic rings. The highest BCUT2D eigenvalue weighted by Crippen LogP contribution is 2.42. The number of carbonyl (C=O) groups excluding carboxylic acids is 2. The molecular formula is C28H30N2O5. The van der Waals surface area contributed by atoms with Crippen LogP contribution in [0.2, 0.25) is 0 Å². The fourth-order valence-corrected chi connectivity index (χ4v) is 4.14. The smallest absolute Gasteiger partial charge is 0.301 e.